The topological polar surface area (TPSA) is 58.4 Å². The summed E-state index contributed by atoms with van der Waals surface area (Å²) in [6.07, 6.45) is 10.7. The number of nitrogens with two attached hydrogens (primary N) is 1. The highest BCUT2D eigenvalue weighted by atomic mass is 16.1. The molecule has 0 aromatic rings. The molecule has 1 aliphatic carbocycles. The van der Waals surface area contributed by atoms with Crippen LogP contribution in [0.15, 0.2) is 0 Å². The molecule has 2 aliphatic rings. The number of hydrogen-bond acceptors (Lipinski definition) is 3. The molecule has 1 amide bonds. The summed E-state index contributed by atoms with van der Waals surface area (Å²) in [7, 11) is 0. The van der Waals surface area contributed by atoms with Crippen LogP contribution in [0.25, 0.3) is 0 Å². The monoisotopic (exact) mass is 281 g/mol. The summed E-state index contributed by atoms with van der Waals surface area (Å²) < 4.78 is 0. The van der Waals surface area contributed by atoms with Crippen molar-refractivity contribution in [1.82, 2.24) is 10.2 Å². The molecule has 1 saturated heterocycles. The van der Waals surface area contributed by atoms with Crippen molar-refractivity contribution in [1.29, 1.82) is 0 Å². The fraction of sp³-hybridized carbons (Fsp3) is 0.938. The lowest BCUT2D eigenvalue weighted by Gasteiger charge is -2.31. The van der Waals surface area contributed by atoms with Crippen LogP contribution in [0.1, 0.15) is 51.4 Å². The van der Waals surface area contributed by atoms with Crippen molar-refractivity contribution in [2.45, 2.75) is 51.4 Å². The summed E-state index contributed by atoms with van der Waals surface area (Å²) >= 11 is 0. The van der Waals surface area contributed by atoms with Crippen LogP contribution in [0.4, 0.5) is 0 Å². The maximum absolute atomic E-state index is 11.3. The van der Waals surface area contributed by atoms with Crippen LogP contribution in [-0.4, -0.2) is 43.5 Å². The van der Waals surface area contributed by atoms with Gasteiger partial charge in [-0.05, 0) is 50.7 Å². The maximum Gasteiger partial charge on any atom is 0.231 e. The number of primary amides is 1. The summed E-state index contributed by atoms with van der Waals surface area (Å²) in [5.74, 6) is 1.44. The van der Waals surface area contributed by atoms with Crippen molar-refractivity contribution in [3.8, 4) is 0 Å². The number of carbonyl (C=O) groups is 1. The van der Waals surface area contributed by atoms with Crippen LogP contribution >= 0.6 is 0 Å². The van der Waals surface area contributed by atoms with Gasteiger partial charge in [-0.25, -0.2) is 0 Å². The van der Waals surface area contributed by atoms with E-state index < -0.39 is 0 Å². The molecule has 0 radical (unpaired) electrons. The van der Waals surface area contributed by atoms with Gasteiger partial charge in [0.15, 0.2) is 0 Å². The first-order valence-corrected chi connectivity index (χ1v) is 8.45. The van der Waals surface area contributed by atoms with E-state index in [-0.39, 0.29) is 5.91 Å². The first kappa shape index (κ1) is 15.8. The van der Waals surface area contributed by atoms with E-state index in [9.17, 15) is 4.79 Å². The van der Waals surface area contributed by atoms with Crippen LogP contribution in [0.3, 0.4) is 0 Å². The van der Waals surface area contributed by atoms with Gasteiger partial charge in [0.1, 0.15) is 0 Å². The Morgan fingerprint density at radius 2 is 1.75 bits per heavy atom. The lowest BCUT2D eigenvalue weighted by molar-refractivity contribution is -0.119. The Labute approximate surface area is 123 Å². The Hall–Kier alpha value is -0.610. The molecule has 20 heavy (non-hydrogen) atoms. The number of carbonyl (C=O) groups excluding carboxylic acids is 1. The highest BCUT2D eigenvalue weighted by molar-refractivity contribution is 5.75. The normalized spacial score (nSPS) is 22.2. The van der Waals surface area contributed by atoms with Crippen molar-refractivity contribution in [3.63, 3.8) is 0 Å². The van der Waals surface area contributed by atoms with Gasteiger partial charge < -0.3 is 11.1 Å². The molecule has 0 aromatic carbocycles. The van der Waals surface area contributed by atoms with E-state index in [4.69, 9.17) is 5.73 Å². The van der Waals surface area contributed by atoms with Crippen LogP contribution in [0, 0.1) is 11.8 Å². The number of nitrogens with one attached hydrogen (secondary N) is 1. The second-order valence-corrected chi connectivity index (χ2v) is 6.69. The summed E-state index contributed by atoms with van der Waals surface area (Å²) in [5.41, 5.74) is 5.41. The fourth-order valence-electron chi connectivity index (χ4n) is 3.73. The van der Waals surface area contributed by atoms with Crippen LogP contribution in [0.2, 0.25) is 0 Å². The van der Waals surface area contributed by atoms with E-state index in [1.165, 1.54) is 51.4 Å². The van der Waals surface area contributed by atoms with Crippen molar-refractivity contribution in [2.75, 3.05) is 32.7 Å². The van der Waals surface area contributed by atoms with Gasteiger partial charge in [-0.3, -0.25) is 9.69 Å². The van der Waals surface area contributed by atoms with E-state index in [0.29, 0.717) is 6.54 Å². The van der Waals surface area contributed by atoms with Gasteiger partial charge in [0.2, 0.25) is 5.91 Å². The van der Waals surface area contributed by atoms with Crippen molar-refractivity contribution >= 4 is 5.91 Å². The number of rotatable bonds is 7. The first-order chi connectivity index (χ1) is 9.74. The largest absolute Gasteiger partial charge is 0.369 e. The molecular formula is C16H31N3O. The number of nitrogens with zero attached hydrogens (tertiary/aromatic N) is 1. The number of hydrogen-bond donors (Lipinski definition) is 2. The van der Waals surface area contributed by atoms with E-state index in [0.717, 1.165) is 38.0 Å². The van der Waals surface area contributed by atoms with Crippen molar-refractivity contribution < 1.29 is 4.79 Å². The van der Waals surface area contributed by atoms with Gasteiger partial charge in [0.25, 0.3) is 0 Å². The Balaban J connectivity index is 1.74. The van der Waals surface area contributed by atoms with Gasteiger partial charge in [0.05, 0.1) is 6.54 Å². The molecule has 0 spiro atoms. The molecule has 0 atom stereocenters. The Bertz CT molecular complexity index is 283. The third-order valence-electron chi connectivity index (χ3n) is 4.93. The lowest BCUT2D eigenvalue weighted by atomic mass is 9.87. The van der Waals surface area contributed by atoms with Crippen LogP contribution < -0.4 is 11.1 Å². The standard InChI is InChI=1S/C16H31N3O/c17-16(20)13-19(12-15-6-9-18-10-7-15)11-8-14-4-2-1-3-5-14/h14-15,18H,1-13H2,(H2,17,20). The molecule has 116 valence electrons. The van der Waals surface area contributed by atoms with Gasteiger partial charge in [0, 0.05) is 6.54 Å². The SMILES string of the molecule is NC(=O)CN(CCC1CCCCC1)CC1CCNCC1. The average Bonchev–Trinajstić information content (AvgIpc) is 2.46. The highest BCUT2D eigenvalue weighted by Gasteiger charge is 2.20. The average molecular weight is 281 g/mol. The fourth-order valence-corrected chi connectivity index (χ4v) is 3.73. The second kappa shape index (κ2) is 8.63. The lowest BCUT2D eigenvalue weighted by Crippen LogP contribution is -2.41. The van der Waals surface area contributed by atoms with Gasteiger partial charge in [-0.2, -0.15) is 0 Å². The third kappa shape index (κ3) is 5.80. The zero-order valence-electron chi connectivity index (χ0n) is 12.8. The molecule has 1 heterocycles. The summed E-state index contributed by atoms with van der Waals surface area (Å²) in [6, 6.07) is 0. The molecule has 1 aliphatic heterocycles. The summed E-state index contributed by atoms with van der Waals surface area (Å²) in [4.78, 5) is 13.6. The summed E-state index contributed by atoms with van der Waals surface area (Å²) in [5, 5.41) is 3.40. The van der Waals surface area contributed by atoms with Gasteiger partial charge in [-0.1, -0.05) is 32.1 Å². The molecule has 4 heteroatoms. The quantitative estimate of drug-likeness (QED) is 0.747. The minimum absolute atomic E-state index is 0.178. The minimum Gasteiger partial charge on any atom is -0.369 e. The third-order valence-corrected chi connectivity index (χ3v) is 4.93. The predicted molar refractivity (Wildman–Crippen MR) is 82.4 cm³/mol. The van der Waals surface area contributed by atoms with Crippen molar-refractivity contribution in [3.05, 3.63) is 0 Å². The number of amides is 1. The summed E-state index contributed by atoms with van der Waals surface area (Å²) in [6.45, 7) is 4.79. The molecule has 3 N–H and O–H groups in total. The highest BCUT2D eigenvalue weighted by Crippen LogP contribution is 2.26. The predicted octanol–water partition coefficient (Wildman–Crippen LogP) is 1.74. The van der Waals surface area contributed by atoms with Crippen molar-refractivity contribution in [2.24, 2.45) is 17.6 Å². The Morgan fingerprint density at radius 3 is 2.40 bits per heavy atom. The molecule has 0 bridgehead atoms. The minimum atomic E-state index is -0.178. The first-order valence-electron chi connectivity index (χ1n) is 8.45. The molecule has 2 fully saturated rings. The van der Waals surface area contributed by atoms with E-state index >= 15 is 0 Å². The molecule has 4 nitrogen and oxygen atoms in total. The molecule has 1 saturated carbocycles. The zero-order chi connectivity index (χ0) is 14.2. The van der Waals surface area contributed by atoms with Crippen LogP contribution in [-0.2, 0) is 4.79 Å². The smallest absolute Gasteiger partial charge is 0.231 e. The second-order valence-electron chi connectivity index (χ2n) is 6.69. The van der Waals surface area contributed by atoms with Gasteiger partial charge in [-0.15, -0.1) is 0 Å². The Morgan fingerprint density at radius 1 is 1.05 bits per heavy atom. The molecular weight excluding hydrogens is 250 g/mol. The van der Waals surface area contributed by atoms with E-state index in [1.54, 1.807) is 0 Å². The number of piperidine rings is 1. The Kier molecular flexibility index (Phi) is 6.80. The molecule has 0 aromatic heterocycles. The van der Waals surface area contributed by atoms with E-state index in [2.05, 4.69) is 10.2 Å². The van der Waals surface area contributed by atoms with Gasteiger partial charge >= 0.3 is 0 Å². The molecule has 0 unspecified atom stereocenters. The molecule has 2 rings (SSSR count). The maximum atomic E-state index is 11.3. The van der Waals surface area contributed by atoms with E-state index in [1.807, 2.05) is 0 Å². The van der Waals surface area contributed by atoms with Crippen LogP contribution in [0.5, 0.6) is 0 Å². The zero-order valence-corrected chi connectivity index (χ0v) is 12.8.